The smallest absolute Gasteiger partial charge is 0.119 e. The van der Waals surface area contributed by atoms with Gasteiger partial charge < -0.3 is 14.6 Å². The Morgan fingerprint density at radius 3 is 3.06 bits per heavy atom. The molecule has 94 valence electrons. The highest BCUT2D eigenvalue weighted by Crippen LogP contribution is 2.27. The molecule has 17 heavy (non-hydrogen) atoms. The molecule has 3 nitrogen and oxygen atoms in total. The molecule has 1 heterocycles. The summed E-state index contributed by atoms with van der Waals surface area (Å²) in [7, 11) is 1.66. The summed E-state index contributed by atoms with van der Waals surface area (Å²) in [5, 5.41) is 9.92. The monoisotopic (exact) mass is 300 g/mol. The molecule has 2 unspecified atom stereocenters. The number of hydrogen-bond acceptors (Lipinski definition) is 3. The van der Waals surface area contributed by atoms with Gasteiger partial charge in [-0.1, -0.05) is 15.9 Å². The summed E-state index contributed by atoms with van der Waals surface area (Å²) >= 11 is 3.53. The molecule has 2 rings (SSSR count). The fraction of sp³-hybridized carbons (Fsp3) is 0.538. The van der Waals surface area contributed by atoms with Crippen molar-refractivity contribution in [2.24, 2.45) is 5.92 Å². The Morgan fingerprint density at radius 2 is 2.35 bits per heavy atom. The van der Waals surface area contributed by atoms with Crippen LogP contribution in [0.1, 0.15) is 12.0 Å². The Morgan fingerprint density at radius 1 is 1.53 bits per heavy atom. The van der Waals surface area contributed by atoms with Gasteiger partial charge in [-0.25, -0.2) is 0 Å². The fourth-order valence-electron chi connectivity index (χ4n) is 2.10. The molecular weight excluding hydrogens is 284 g/mol. The third-order valence-electron chi connectivity index (χ3n) is 3.17. The molecule has 2 atom stereocenters. The quantitative estimate of drug-likeness (QED) is 0.932. The minimum atomic E-state index is -0.262. The Balaban J connectivity index is 2.11. The highest BCUT2D eigenvalue weighted by atomic mass is 79.9. The summed E-state index contributed by atoms with van der Waals surface area (Å²) in [6.45, 7) is 1.29. The first-order chi connectivity index (χ1) is 8.20. The summed E-state index contributed by atoms with van der Waals surface area (Å²) < 4.78 is 11.7. The number of halogens is 1. The first-order valence-electron chi connectivity index (χ1n) is 5.79. The van der Waals surface area contributed by atoms with E-state index in [1.807, 2.05) is 18.2 Å². The van der Waals surface area contributed by atoms with Crippen molar-refractivity contribution in [3.8, 4) is 5.75 Å². The van der Waals surface area contributed by atoms with Crippen molar-refractivity contribution in [2.75, 3.05) is 20.3 Å². The molecule has 0 aliphatic carbocycles. The fourth-order valence-corrected chi connectivity index (χ4v) is 2.51. The van der Waals surface area contributed by atoms with E-state index in [1.54, 1.807) is 7.11 Å². The normalized spacial score (nSPS) is 24.6. The number of hydrogen-bond donors (Lipinski definition) is 1. The number of benzene rings is 1. The van der Waals surface area contributed by atoms with Gasteiger partial charge in [-0.3, -0.25) is 0 Å². The molecule has 1 aliphatic rings. The largest absolute Gasteiger partial charge is 0.497 e. The van der Waals surface area contributed by atoms with Crippen LogP contribution >= 0.6 is 15.9 Å². The molecule has 0 amide bonds. The van der Waals surface area contributed by atoms with E-state index in [1.165, 1.54) is 0 Å². The molecule has 0 radical (unpaired) electrons. The second kappa shape index (κ2) is 5.85. The highest BCUT2D eigenvalue weighted by Gasteiger charge is 2.24. The van der Waals surface area contributed by atoms with E-state index in [9.17, 15) is 5.11 Å². The van der Waals surface area contributed by atoms with E-state index in [-0.39, 0.29) is 12.0 Å². The van der Waals surface area contributed by atoms with Crippen LogP contribution in [0, 0.1) is 5.92 Å². The molecule has 0 bridgehead atoms. The third kappa shape index (κ3) is 3.21. The van der Waals surface area contributed by atoms with Gasteiger partial charge in [0.25, 0.3) is 0 Å². The summed E-state index contributed by atoms with van der Waals surface area (Å²) in [4.78, 5) is 0. The molecule has 1 aliphatic heterocycles. The van der Waals surface area contributed by atoms with E-state index < -0.39 is 0 Å². The van der Waals surface area contributed by atoms with Crippen molar-refractivity contribution in [3.05, 3.63) is 28.2 Å². The zero-order valence-corrected chi connectivity index (χ0v) is 11.4. The van der Waals surface area contributed by atoms with Gasteiger partial charge in [0, 0.05) is 17.0 Å². The Hall–Kier alpha value is -0.580. The molecule has 0 aromatic heterocycles. The number of ether oxygens (including phenoxy) is 2. The third-order valence-corrected chi connectivity index (χ3v) is 3.94. The van der Waals surface area contributed by atoms with Gasteiger partial charge in [0.05, 0.1) is 19.8 Å². The SMILES string of the molecule is COc1ccc(Br)c(CC2COCCC2O)c1. The van der Waals surface area contributed by atoms with Crippen molar-refractivity contribution in [1.29, 1.82) is 0 Å². The van der Waals surface area contributed by atoms with Gasteiger partial charge >= 0.3 is 0 Å². The van der Waals surface area contributed by atoms with Crippen LogP contribution in [0.15, 0.2) is 22.7 Å². The Bertz CT molecular complexity index is 381. The van der Waals surface area contributed by atoms with E-state index in [0.717, 1.165) is 28.6 Å². The summed E-state index contributed by atoms with van der Waals surface area (Å²) in [5.41, 5.74) is 1.15. The second-order valence-electron chi connectivity index (χ2n) is 4.35. The van der Waals surface area contributed by atoms with Crippen LogP contribution in [0.3, 0.4) is 0 Å². The standard InChI is InChI=1S/C13H17BrO3/c1-16-11-2-3-12(14)9(7-11)6-10-8-17-5-4-13(10)15/h2-3,7,10,13,15H,4-6,8H2,1H3. The molecule has 1 aromatic rings. The predicted molar refractivity (Wildman–Crippen MR) is 69.3 cm³/mol. The molecule has 1 aromatic carbocycles. The molecule has 0 spiro atoms. The van der Waals surface area contributed by atoms with Crippen LogP contribution in [-0.2, 0) is 11.2 Å². The van der Waals surface area contributed by atoms with E-state index in [0.29, 0.717) is 13.2 Å². The van der Waals surface area contributed by atoms with Crippen LogP contribution in [0.2, 0.25) is 0 Å². The number of methoxy groups -OCH3 is 1. The summed E-state index contributed by atoms with van der Waals surface area (Å²) in [6.07, 6.45) is 1.27. The van der Waals surface area contributed by atoms with Gasteiger partial charge in [0.1, 0.15) is 5.75 Å². The molecule has 4 heteroatoms. The maximum Gasteiger partial charge on any atom is 0.119 e. The first-order valence-corrected chi connectivity index (χ1v) is 6.58. The summed E-state index contributed by atoms with van der Waals surface area (Å²) in [5.74, 6) is 1.02. The van der Waals surface area contributed by atoms with E-state index >= 15 is 0 Å². The van der Waals surface area contributed by atoms with Crippen LogP contribution in [0.4, 0.5) is 0 Å². The Labute approximate surface area is 110 Å². The van der Waals surface area contributed by atoms with E-state index in [4.69, 9.17) is 9.47 Å². The minimum Gasteiger partial charge on any atom is -0.497 e. The van der Waals surface area contributed by atoms with Crippen molar-refractivity contribution in [1.82, 2.24) is 0 Å². The Kier molecular flexibility index (Phi) is 4.42. The van der Waals surface area contributed by atoms with Crippen LogP contribution in [0.5, 0.6) is 5.75 Å². The van der Waals surface area contributed by atoms with Crippen LogP contribution < -0.4 is 4.74 Å². The molecule has 1 N–H and O–H groups in total. The minimum absolute atomic E-state index is 0.173. The maximum absolute atomic E-state index is 9.92. The number of aliphatic hydroxyl groups is 1. The van der Waals surface area contributed by atoms with Crippen LogP contribution in [-0.4, -0.2) is 31.5 Å². The van der Waals surface area contributed by atoms with E-state index in [2.05, 4.69) is 15.9 Å². The molecule has 1 saturated heterocycles. The molecular formula is C13H17BrO3. The average Bonchev–Trinajstić information content (AvgIpc) is 2.35. The molecule has 0 saturated carbocycles. The van der Waals surface area contributed by atoms with Gasteiger partial charge in [0.2, 0.25) is 0 Å². The second-order valence-corrected chi connectivity index (χ2v) is 5.21. The van der Waals surface area contributed by atoms with Crippen molar-refractivity contribution < 1.29 is 14.6 Å². The van der Waals surface area contributed by atoms with Crippen LogP contribution in [0.25, 0.3) is 0 Å². The predicted octanol–water partition coefficient (Wildman–Crippen LogP) is 2.40. The lowest BCUT2D eigenvalue weighted by Gasteiger charge is -2.28. The molecule has 1 fully saturated rings. The number of rotatable bonds is 3. The zero-order valence-electron chi connectivity index (χ0n) is 9.86. The number of aliphatic hydroxyl groups excluding tert-OH is 1. The lowest BCUT2D eigenvalue weighted by Crippen LogP contribution is -2.33. The highest BCUT2D eigenvalue weighted by molar-refractivity contribution is 9.10. The van der Waals surface area contributed by atoms with Gasteiger partial charge in [0.15, 0.2) is 0 Å². The van der Waals surface area contributed by atoms with Crippen molar-refractivity contribution in [3.63, 3.8) is 0 Å². The first kappa shape index (κ1) is 12.9. The van der Waals surface area contributed by atoms with Crippen molar-refractivity contribution in [2.45, 2.75) is 18.9 Å². The summed E-state index contributed by atoms with van der Waals surface area (Å²) in [6, 6.07) is 5.90. The average molecular weight is 301 g/mol. The maximum atomic E-state index is 9.92. The van der Waals surface area contributed by atoms with Gasteiger partial charge in [-0.15, -0.1) is 0 Å². The van der Waals surface area contributed by atoms with Gasteiger partial charge in [-0.05, 0) is 36.6 Å². The van der Waals surface area contributed by atoms with Gasteiger partial charge in [-0.2, -0.15) is 0 Å². The zero-order chi connectivity index (χ0) is 12.3. The lowest BCUT2D eigenvalue weighted by atomic mass is 9.91. The van der Waals surface area contributed by atoms with Crippen molar-refractivity contribution >= 4 is 15.9 Å². The lowest BCUT2D eigenvalue weighted by molar-refractivity contribution is -0.0351. The topological polar surface area (TPSA) is 38.7 Å².